The molecule has 0 aliphatic heterocycles. The second-order valence-corrected chi connectivity index (χ2v) is 1.14. The predicted octanol–water partition coefficient (Wildman–Crippen LogP) is 0.109. The van der Waals surface area contributed by atoms with E-state index in [1.807, 2.05) is 4.98 Å². The monoisotopic (exact) mass is 117 g/mol. The van der Waals surface area contributed by atoms with Crippen molar-refractivity contribution >= 4 is 8.41 Å². The minimum absolute atomic E-state index is 0. The predicted molar refractivity (Wildman–Crippen MR) is 30.6 cm³/mol. The van der Waals surface area contributed by atoms with Crippen LogP contribution in [0, 0.1) is 11.8 Å². The van der Waals surface area contributed by atoms with Crippen molar-refractivity contribution in [2.45, 2.75) is 0 Å². The SMILES string of the molecule is B.Fc1cc[nH]c1F. The standard InChI is InChI=1S/C4H3F2N.BH3/c5-3-1-2-7-4(3)6;/h1-2,7H;1H3. The van der Waals surface area contributed by atoms with Crippen molar-refractivity contribution in [3.05, 3.63) is 24.0 Å². The highest BCUT2D eigenvalue weighted by atomic mass is 19.2. The summed E-state index contributed by atoms with van der Waals surface area (Å²) in [7, 11) is 0. The lowest BCUT2D eigenvalue weighted by Gasteiger charge is -1.72. The van der Waals surface area contributed by atoms with Crippen LogP contribution in [0.4, 0.5) is 8.78 Å². The lowest BCUT2D eigenvalue weighted by molar-refractivity contribution is 0.493. The quantitative estimate of drug-likeness (QED) is 0.464. The summed E-state index contributed by atoms with van der Waals surface area (Å²) in [5, 5.41) is 0. The van der Waals surface area contributed by atoms with Crippen molar-refractivity contribution < 1.29 is 8.78 Å². The van der Waals surface area contributed by atoms with Gasteiger partial charge in [0.2, 0.25) is 5.95 Å². The molecule has 0 aliphatic carbocycles. The molecule has 1 aromatic heterocycles. The van der Waals surface area contributed by atoms with Crippen LogP contribution in [0.25, 0.3) is 0 Å². The molecule has 0 unspecified atom stereocenters. The van der Waals surface area contributed by atoms with Crippen molar-refractivity contribution in [1.29, 1.82) is 0 Å². The number of rotatable bonds is 0. The van der Waals surface area contributed by atoms with E-state index in [9.17, 15) is 8.78 Å². The normalized spacial score (nSPS) is 8.25. The van der Waals surface area contributed by atoms with Gasteiger partial charge in [-0.25, -0.2) is 4.39 Å². The fourth-order valence-electron chi connectivity index (χ4n) is 0.330. The zero-order valence-electron chi connectivity index (χ0n) is 3.41. The van der Waals surface area contributed by atoms with Gasteiger partial charge in [0.05, 0.1) is 8.41 Å². The lowest BCUT2D eigenvalue weighted by atomic mass is 10.6. The summed E-state index contributed by atoms with van der Waals surface area (Å²) in [5.74, 6) is -1.74. The summed E-state index contributed by atoms with van der Waals surface area (Å²) >= 11 is 0. The molecule has 1 nitrogen and oxygen atoms in total. The molecule has 0 bridgehead atoms. The van der Waals surface area contributed by atoms with E-state index in [2.05, 4.69) is 0 Å². The summed E-state index contributed by atoms with van der Waals surface area (Å²) < 4.78 is 23.3. The summed E-state index contributed by atoms with van der Waals surface area (Å²) in [5.41, 5.74) is 0. The Morgan fingerprint density at radius 2 is 2.00 bits per heavy atom. The number of aromatic nitrogens is 1. The van der Waals surface area contributed by atoms with Crippen molar-refractivity contribution in [1.82, 2.24) is 4.98 Å². The van der Waals surface area contributed by atoms with Gasteiger partial charge in [-0.15, -0.1) is 0 Å². The maximum atomic E-state index is 11.7. The van der Waals surface area contributed by atoms with E-state index < -0.39 is 11.8 Å². The highest BCUT2D eigenvalue weighted by Gasteiger charge is 1.96. The molecule has 0 spiro atoms. The molecular weight excluding hydrogens is 111 g/mol. The highest BCUT2D eigenvalue weighted by Crippen LogP contribution is 1.98. The second kappa shape index (κ2) is 2.50. The third-order valence-corrected chi connectivity index (χ3v) is 0.649. The largest absolute Gasteiger partial charge is 0.336 e. The molecule has 4 heteroatoms. The maximum Gasteiger partial charge on any atom is 0.227 e. The number of H-pyrrole nitrogens is 1. The number of hydrogen-bond donors (Lipinski definition) is 1. The zero-order chi connectivity index (χ0) is 5.28. The molecule has 0 fully saturated rings. The lowest BCUT2D eigenvalue weighted by Crippen LogP contribution is -1.72. The van der Waals surface area contributed by atoms with Crippen LogP contribution < -0.4 is 0 Å². The van der Waals surface area contributed by atoms with Crippen LogP contribution in [0.15, 0.2) is 12.3 Å². The molecule has 1 N–H and O–H groups in total. The molecule has 0 saturated heterocycles. The smallest absolute Gasteiger partial charge is 0.227 e. The number of hydrogen-bond acceptors (Lipinski definition) is 0. The van der Waals surface area contributed by atoms with Crippen molar-refractivity contribution in [2.24, 2.45) is 0 Å². The molecule has 0 aromatic carbocycles. The molecule has 0 radical (unpaired) electrons. The van der Waals surface area contributed by atoms with Gasteiger partial charge >= 0.3 is 0 Å². The Labute approximate surface area is 47.3 Å². The van der Waals surface area contributed by atoms with Gasteiger partial charge in [0.1, 0.15) is 0 Å². The molecule has 0 amide bonds. The Hall–Kier alpha value is -0.795. The molecule has 0 atom stereocenters. The van der Waals surface area contributed by atoms with Gasteiger partial charge in [0.15, 0.2) is 5.82 Å². The van der Waals surface area contributed by atoms with Gasteiger partial charge < -0.3 is 4.98 Å². The van der Waals surface area contributed by atoms with E-state index in [0.29, 0.717) is 0 Å². The maximum absolute atomic E-state index is 11.7. The van der Waals surface area contributed by atoms with Crippen LogP contribution in [-0.2, 0) is 0 Å². The van der Waals surface area contributed by atoms with Crippen molar-refractivity contribution in [3.8, 4) is 0 Å². The van der Waals surface area contributed by atoms with Crippen molar-refractivity contribution in [2.75, 3.05) is 0 Å². The van der Waals surface area contributed by atoms with E-state index in [1.54, 1.807) is 0 Å². The molecule has 8 heavy (non-hydrogen) atoms. The topological polar surface area (TPSA) is 15.8 Å². The minimum atomic E-state index is -0.903. The Morgan fingerprint density at radius 1 is 1.38 bits per heavy atom. The summed E-state index contributed by atoms with van der Waals surface area (Å²) in [6.07, 6.45) is 1.20. The van der Waals surface area contributed by atoms with E-state index in [-0.39, 0.29) is 8.41 Å². The van der Waals surface area contributed by atoms with Gasteiger partial charge in [0.25, 0.3) is 0 Å². The van der Waals surface area contributed by atoms with Gasteiger partial charge in [-0.2, -0.15) is 4.39 Å². The first-order valence-electron chi connectivity index (χ1n) is 1.79. The highest BCUT2D eigenvalue weighted by molar-refractivity contribution is 5.75. The van der Waals surface area contributed by atoms with E-state index >= 15 is 0 Å². The number of aromatic amines is 1. The fourth-order valence-corrected chi connectivity index (χ4v) is 0.330. The minimum Gasteiger partial charge on any atom is -0.336 e. The molecule has 1 rings (SSSR count). The third kappa shape index (κ3) is 1.09. The van der Waals surface area contributed by atoms with E-state index in [1.165, 1.54) is 6.20 Å². The first kappa shape index (κ1) is 7.20. The van der Waals surface area contributed by atoms with Gasteiger partial charge in [-0.1, -0.05) is 0 Å². The molecular formula is C4H6BF2N. The average molecular weight is 117 g/mol. The Bertz CT molecular complexity index is 146. The van der Waals surface area contributed by atoms with Crippen LogP contribution in [0.5, 0.6) is 0 Å². The average Bonchev–Trinajstić information content (AvgIpc) is 1.91. The second-order valence-electron chi connectivity index (χ2n) is 1.14. The Morgan fingerprint density at radius 3 is 2.12 bits per heavy atom. The van der Waals surface area contributed by atoms with Gasteiger partial charge in [-0.05, 0) is 6.07 Å². The van der Waals surface area contributed by atoms with Crippen LogP contribution in [0.1, 0.15) is 0 Å². The van der Waals surface area contributed by atoms with Gasteiger partial charge in [-0.3, -0.25) is 0 Å². The number of halogens is 2. The summed E-state index contributed by atoms with van der Waals surface area (Å²) in [6, 6.07) is 1.02. The summed E-state index contributed by atoms with van der Waals surface area (Å²) in [6.45, 7) is 0. The zero-order valence-corrected chi connectivity index (χ0v) is 3.41. The van der Waals surface area contributed by atoms with Gasteiger partial charge in [0, 0.05) is 6.20 Å². The first-order valence-corrected chi connectivity index (χ1v) is 1.79. The fraction of sp³-hybridized carbons (Fsp3) is 0. The first-order chi connectivity index (χ1) is 3.30. The van der Waals surface area contributed by atoms with Crippen LogP contribution in [0.2, 0.25) is 0 Å². The third-order valence-electron chi connectivity index (χ3n) is 0.649. The molecule has 1 aromatic rings. The van der Waals surface area contributed by atoms with Crippen LogP contribution in [-0.4, -0.2) is 13.4 Å². The summed E-state index contributed by atoms with van der Waals surface area (Å²) in [4.78, 5) is 2.03. The Balaban J connectivity index is 0.000000490. The van der Waals surface area contributed by atoms with E-state index in [0.717, 1.165) is 6.07 Å². The van der Waals surface area contributed by atoms with Crippen molar-refractivity contribution in [3.63, 3.8) is 0 Å². The molecule has 1 heterocycles. The van der Waals surface area contributed by atoms with Crippen LogP contribution in [0.3, 0.4) is 0 Å². The van der Waals surface area contributed by atoms with Crippen LogP contribution >= 0.6 is 0 Å². The molecule has 0 saturated carbocycles. The molecule has 44 valence electrons. The Kier molecular flexibility index (Phi) is 2.25. The van der Waals surface area contributed by atoms with E-state index in [4.69, 9.17) is 0 Å². The number of nitrogens with one attached hydrogen (secondary N) is 1. The molecule has 0 aliphatic rings.